The number of aliphatic hydroxyl groups is 1. The second-order valence-electron chi connectivity index (χ2n) is 15.9. The number of hydrogen-bond donors (Lipinski definition) is 2. The van der Waals surface area contributed by atoms with Crippen molar-refractivity contribution in [3.63, 3.8) is 0 Å². The number of allylic oxidation sites excluding steroid dienone is 7. The number of aliphatic hydroxyl groups excluding tert-OH is 1. The number of rotatable bonds is 39. The highest BCUT2D eigenvalue weighted by Crippen LogP contribution is 2.43. The van der Waals surface area contributed by atoms with E-state index in [1.54, 1.807) is 0 Å². The zero-order valence-electron chi connectivity index (χ0n) is 36.2. The lowest BCUT2D eigenvalue weighted by Crippen LogP contribution is -2.37. The van der Waals surface area contributed by atoms with Gasteiger partial charge in [0.25, 0.3) is 0 Å². The van der Waals surface area contributed by atoms with Crippen LogP contribution in [0.3, 0.4) is 0 Å². The molecule has 2 N–H and O–H groups in total. The lowest BCUT2D eigenvalue weighted by atomic mass is 10.0. The molecule has 0 rings (SSSR count). The average Bonchev–Trinajstić information content (AvgIpc) is 3.14. The Hall–Kier alpha value is -2.07. The van der Waals surface area contributed by atoms with E-state index >= 15 is 0 Å². The van der Waals surface area contributed by atoms with Crippen LogP contribution in [0.15, 0.2) is 48.6 Å². The van der Waals surface area contributed by atoms with Crippen LogP contribution >= 0.6 is 7.82 Å². The van der Waals surface area contributed by atoms with Crippen molar-refractivity contribution < 1.29 is 47.2 Å². The Morgan fingerprint density at radius 3 is 1.68 bits per heavy atom. The molecule has 0 aliphatic rings. The minimum atomic E-state index is -4.40. The molecule has 10 nitrogen and oxygen atoms in total. The molecule has 1 unspecified atom stereocenters. The zero-order valence-corrected chi connectivity index (χ0v) is 37.1. The van der Waals surface area contributed by atoms with Crippen molar-refractivity contribution in [3.8, 4) is 0 Å². The Bertz CT molecular complexity index is 1120. The molecule has 0 aromatic rings. The molecule has 0 spiro atoms. The molecule has 0 saturated heterocycles. The van der Waals surface area contributed by atoms with E-state index in [0.29, 0.717) is 23.9 Å². The summed E-state index contributed by atoms with van der Waals surface area (Å²) in [6.07, 6.45) is 39.3. The maximum Gasteiger partial charge on any atom is 0.472 e. The van der Waals surface area contributed by atoms with Crippen molar-refractivity contribution in [3.05, 3.63) is 48.6 Å². The monoisotopic (exact) mass is 813 g/mol. The number of ether oxygens (including phenoxy) is 2. The van der Waals surface area contributed by atoms with E-state index in [1.807, 2.05) is 39.4 Å². The van der Waals surface area contributed by atoms with Crippen LogP contribution in [0.4, 0.5) is 0 Å². The first-order valence-electron chi connectivity index (χ1n) is 22.0. The van der Waals surface area contributed by atoms with E-state index in [0.717, 1.165) is 57.8 Å². The summed E-state index contributed by atoms with van der Waals surface area (Å²) in [7, 11) is 1.41. The van der Waals surface area contributed by atoms with Crippen LogP contribution in [0.2, 0.25) is 0 Å². The fraction of sp³-hybridized carbons (Fsp3) is 0.778. The van der Waals surface area contributed by atoms with Gasteiger partial charge in [-0.2, -0.15) is 0 Å². The molecule has 0 aromatic heterocycles. The predicted octanol–water partition coefficient (Wildman–Crippen LogP) is 11.3. The minimum absolute atomic E-state index is 0.0137. The van der Waals surface area contributed by atoms with Crippen molar-refractivity contribution in [2.75, 3.05) is 47.5 Å². The largest absolute Gasteiger partial charge is 0.472 e. The van der Waals surface area contributed by atoms with Crippen molar-refractivity contribution in [2.45, 2.75) is 180 Å². The maximum absolute atomic E-state index is 12.7. The molecule has 56 heavy (non-hydrogen) atoms. The predicted molar refractivity (Wildman–Crippen MR) is 230 cm³/mol. The van der Waals surface area contributed by atoms with E-state index in [-0.39, 0.29) is 32.2 Å². The number of phosphoric ester groups is 1. The van der Waals surface area contributed by atoms with Gasteiger partial charge in [0.15, 0.2) is 6.10 Å². The second kappa shape index (κ2) is 37.2. The summed E-state index contributed by atoms with van der Waals surface area (Å²) in [6, 6.07) is 0. The van der Waals surface area contributed by atoms with Gasteiger partial charge in [0.05, 0.1) is 33.9 Å². The van der Waals surface area contributed by atoms with Crippen LogP contribution < -0.4 is 0 Å². The van der Waals surface area contributed by atoms with Crippen LogP contribution in [-0.4, -0.2) is 86.1 Å². The molecule has 326 valence electrons. The fourth-order valence-corrected chi connectivity index (χ4v) is 6.41. The fourth-order valence-electron chi connectivity index (χ4n) is 5.67. The lowest BCUT2D eigenvalue weighted by molar-refractivity contribution is -0.870. The number of unbranched alkanes of at least 4 members (excludes halogenated alkanes) is 15. The number of nitrogens with zero attached hydrogens (tertiary/aromatic N) is 1. The topological polar surface area (TPSA) is 129 Å². The number of phosphoric acid groups is 1. The smallest absolute Gasteiger partial charge is 0.462 e. The maximum atomic E-state index is 12.7. The van der Waals surface area contributed by atoms with E-state index in [1.165, 1.54) is 70.6 Å². The van der Waals surface area contributed by atoms with Crippen molar-refractivity contribution >= 4 is 19.8 Å². The molecule has 0 fully saturated rings. The van der Waals surface area contributed by atoms with Gasteiger partial charge >= 0.3 is 19.8 Å². The van der Waals surface area contributed by atoms with E-state index < -0.39 is 32.5 Å². The molecular formula is C45H83NO9P+. The summed E-state index contributed by atoms with van der Waals surface area (Å²) >= 11 is 0. The Balaban J connectivity index is 4.49. The van der Waals surface area contributed by atoms with E-state index in [9.17, 15) is 24.2 Å². The molecule has 0 aliphatic heterocycles. The molecule has 0 aromatic carbocycles. The highest BCUT2D eigenvalue weighted by atomic mass is 31.2. The number of quaternary nitrogens is 1. The summed E-state index contributed by atoms with van der Waals surface area (Å²) < 4.78 is 34.2. The molecule has 3 atom stereocenters. The molecule has 0 bridgehead atoms. The van der Waals surface area contributed by atoms with Crippen LogP contribution in [-0.2, 0) is 32.7 Å². The van der Waals surface area contributed by atoms with Crippen molar-refractivity contribution in [2.24, 2.45) is 0 Å². The van der Waals surface area contributed by atoms with Gasteiger partial charge < -0.3 is 24.0 Å². The SMILES string of the molecule is CCCCCCCCCCCCCCCCC(=O)OC[C@H](COP(=O)(O)OCC[N+](C)(C)C)OC(=O)CCC/C=C\C/C=C\C/C=C\C/C=C\[C@H](O)CCCC. The number of likely N-dealkylation sites (N-methyl/N-ethyl adjacent to an activating group) is 1. The molecule has 11 heteroatoms. The molecule has 0 amide bonds. The number of carbonyl (C=O) groups is 2. The van der Waals surface area contributed by atoms with Gasteiger partial charge in [0.1, 0.15) is 19.8 Å². The Kier molecular flexibility index (Phi) is 35.8. The number of esters is 2. The molecule has 0 radical (unpaired) electrons. The first kappa shape index (κ1) is 53.9. The van der Waals surface area contributed by atoms with Gasteiger partial charge in [-0.1, -0.05) is 159 Å². The van der Waals surface area contributed by atoms with E-state index in [4.69, 9.17) is 18.5 Å². The normalized spacial score (nSPS) is 14.6. The summed E-state index contributed by atoms with van der Waals surface area (Å²) in [5, 5.41) is 9.82. The van der Waals surface area contributed by atoms with Gasteiger partial charge in [0.2, 0.25) is 0 Å². The van der Waals surface area contributed by atoms with Gasteiger partial charge in [0, 0.05) is 12.8 Å². The lowest BCUT2D eigenvalue weighted by Gasteiger charge is -2.24. The summed E-state index contributed by atoms with van der Waals surface area (Å²) in [5.74, 6) is -0.886. The highest BCUT2D eigenvalue weighted by Gasteiger charge is 2.27. The molecule has 0 aliphatic carbocycles. The van der Waals surface area contributed by atoms with Gasteiger partial charge in [-0.15, -0.1) is 0 Å². The summed E-state index contributed by atoms with van der Waals surface area (Å²) in [6.45, 7) is 4.18. The molecular weight excluding hydrogens is 729 g/mol. The number of carbonyl (C=O) groups excluding carboxylic acids is 2. The first-order valence-corrected chi connectivity index (χ1v) is 23.4. The third kappa shape index (κ3) is 40.1. The second-order valence-corrected chi connectivity index (χ2v) is 17.4. The zero-order chi connectivity index (χ0) is 41.6. The third-order valence-corrected chi connectivity index (χ3v) is 10.2. The standard InChI is InChI=1S/C45H82NO9P/c1-6-8-10-11-12-13-14-15-16-20-23-26-29-32-36-44(48)52-40-43(41-54-56(50,51)53-39-38-46(3,4)5)55-45(49)37-33-30-27-24-21-18-17-19-22-25-28-31-35-42(47)34-9-7-2/h17-18,22,24-25,27,31,35,42-43,47H,6-16,19-21,23,26,28-30,32-34,36-41H2,1-5H3/p+1/b18-17-,25-22-,27-24-,35-31-/t42-,43-/m1/s1. The Labute approximate surface area is 342 Å². The third-order valence-electron chi connectivity index (χ3n) is 9.18. The highest BCUT2D eigenvalue weighted by molar-refractivity contribution is 7.47. The van der Waals surface area contributed by atoms with Gasteiger partial charge in [-0.25, -0.2) is 4.57 Å². The van der Waals surface area contributed by atoms with Crippen molar-refractivity contribution in [1.29, 1.82) is 0 Å². The van der Waals surface area contributed by atoms with Crippen LogP contribution in [0.5, 0.6) is 0 Å². The van der Waals surface area contributed by atoms with Gasteiger partial charge in [-0.05, 0) is 44.9 Å². The molecule has 0 saturated carbocycles. The minimum Gasteiger partial charge on any atom is -0.462 e. The summed E-state index contributed by atoms with van der Waals surface area (Å²) in [5.41, 5.74) is 0. The summed E-state index contributed by atoms with van der Waals surface area (Å²) in [4.78, 5) is 35.3. The van der Waals surface area contributed by atoms with E-state index in [2.05, 4.69) is 44.2 Å². The quantitative estimate of drug-likeness (QED) is 0.0205. The van der Waals surface area contributed by atoms with Crippen LogP contribution in [0, 0.1) is 0 Å². The molecule has 0 heterocycles. The Morgan fingerprint density at radius 2 is 1.12 bits per heavy atom. The first-order chi connectivity index (χ1) is 26.9. The average molecular weight is 813 g/mol. The van der Waals surface area contributed by atoms with Gasteiger partial charge in [-0.3, -0.25) is 18.6 Å². The van der Waals surface area contributed by atoms with Crippen LogP contribution in [0.25, 0.3) is 0 Å². The van der Waals surface area contributed by atoms with Crippen LogP contribution in [0.1, 0.15) is 168 Å². The van der Waals surface area contributed by atoms with Crippen molar-refractivity contribution in [1.82, 2.24) is 0 Å². The Morgan fingerprint density at radius 1 is 0.625 bits per heavy atom. The number of hydrogen-bond acceptors (Lipinski definition) is 8.